The molecular weight excluding hydrogens is 689 g/mol. The molecule has 0 unspecified atom stereocenters. The summed E-state index contributed by atoms with van der Waals surface area (Å²) < 4.78 is 9.02. The number of aromatic nitrogens is 1. The molecule has 0 spiro atoms. The summed E-state index contributed by atoms with van der Waals surface area (Å²) in [7, 11) is 0. The van der Waals surface area contributed by atoms with Crippen LogP contribution in [0, 0.1) is 0 Å². The van der Waals surface area contributed by atoms with E-state index in [1.165, 1.54) is 99.3 Å². The SMILES string of the molecule is CC(C)c1cc(C(C)C)c(B2c3ccc(-n4c5ccccc5c5ccc6oc7ccccc7c6c54)cc3-c3c2ccc2c3C(C)(C)c3ccccc3-2)c(C(C)C)c1. The van der Waals surface area contributed by atoms with Crippen molar-refractivity contribution in [2.45, 2.75) is 78.6 Å². The molecule has 0 saturated carbocycles. The van der Waals surface area contributed by atoms with Gasteiger partial charge in [0.15, 0.2) is 0 Å². The van der Waals surface area contributed by atoms with Crippen LogP contribution in [0.2, 0.25) is 0 Å². The fraction of sp³-hybridized carbons (Fsp3) is 0.222. The minimum absolute atomic E-state index is 0.132. The van der Waals surface area contributed by atoms with Crippen LogP contribution in [0.3, 0.4) is 0 Å². The molecule has 1 aliphatic carbocycles. The van der Waals surface area contributed by atoms with Crippen LogP contribution in [0.15, 0.2) is 132 Å². The minimum atomic E-state index is -0.155. The predicted molar refractivity (Wildman–Crippen MR) is 244 cm³/mol. The summed E-state index contributed by atoms with van der Waals surface area (Å²) in [6, 6.07) is 48.3. The second-order valence-electron chi connectivity index (χ2n) is 18.2. The molecule has 2 aromatic heterocycles. The molecule has 11 rings (SSSR count). The summed E-state index contributed by atoms with van der Waals surface area (Å²) in [6.45, 7) is 19.2. The predicted octanol–water partition coefficient (Wildman–Crippen LogP) is 12.9. The quantitative estimate of drug-likeness (QED) is 0.161. The maximum atomic E-state index is 6.51. The van der Waals surface area contributed by atoms with Crippen molar-refractivity contribution < 1.29 is 4.42 Å². The lowest BCUT2D eigenvalue weighted by atomic mass is 9.36. The number of benzene rings is 7. The zero-order valence-electron chi connectivity index (χ0n) is 34.3. The molecule has 278 valence electrons. The molecule has 3 heterocycles. The summed E-state index contributed by atoms with van der Waals surface area (Å²) in [6.07, 6.45) is 0. The Kier molecular flexibility index (Phi) is 7.32. The zero-order chi connectivity index (χ0) is 39.1. The molecule has 7 aromatic carbocycles. The highest BCUT2D eigenvalue weighted by Crippen LogP contribution is 2.53. The summed E-state index contributed by atoms with van der Waals surface area (Å²) in [4.78, 5) is 0. The van der Waals surface area contributed by atoms with Gasteiger partial charge in [-0.2, -0.15) is 0 Å². The molecule has 0 bridgehead atoms. The molecule has 0 saturated heterocycles. The zero-order valence-corrected chi connectivity index (χ0v) is 34.3. The van der Waals surface area contributed by atoms with Crippen LogP contribution in [-0.4, -0.2) is 11.3 Å². The number of rotatable bonds is 5. The Labute approximate surface area is 336 Å². The molecule has 0 N–H and O–H groups in total. The average Bonchev–Trinajstić information content (AvgIpc) is 3.92. The van der Waals surface area contributed by atoms with Crippen LogP contribution in [0.5, 0.6) is 0 Å². The molecule has 3 heteroatoms. The second-order valence-corrected chi connectivity index (χ2v) is 18.2. The third kappa shape index (κ3) is 4.66. The first-order valence-electron chi connectivity index (χ1n) is 21.0. The van der Waals surface area contributed by atoms with Gasteiger partial charge in [0.2, 0.25) is 6.71 Å². The molecule has 0 amide bonds. The van der Waals surface area contributed by atoms with E-state index in [0.717, 1.165) is 16.6 Å². The van der Waals surface area contributed by atoms with Gasteiger partial charge >= 0.3 is 0 Å². The van der Waals surface area contributed by atoms with Gasteiger partial charge in [-0.25, -0.2) is 0 Å². The topological polar surface area (TPSA) is 18.1 Å². The van der Waals surface area contributed by atoms with Crippen LogP contribution in [0.1, 0.15) is 101 Å². The molecule has 1 aliphatic heterocycles. The summed E-state index contributed by atoms with van der Waals surface area (Å²) in [5, 5.41) is 4.82. The van der Waals surface area contributed by atoms with E-state index in [0.29, 0.717) is 17.8 Å². The van der Waals surface area contributed by atoms with Crippen molar-refractivity contribution in [1.82, 2.24) is 4.57 Å². The van der Waals surface area contributed by atoms with E-state index in [2.05, 4.69) is 187 Å². The van der Waals surface area contributed by atoms with E-state index in [-0.39, 0.29) is 12.1 Å². The van der Waals surface area contributed by atoms with Crippen molar-refractivity contribution in [3.63, 3.8) is 0 Å². The molecule has 9 aromatic rings. The van der Waals surface area contributed by atoms with E-state index >= 15 is 0 Å². The highest BCUT2D eigenvalue weighted by molar-refractivity contribution is 6.99. The number of nitrogens with zero attached hydrogens (tertiary/aromatic N) is 1. The van der Waals surface area contributed by atoms with Crippen LogP contribution < -0.4 is 16.4 Å². The molecule has 0 radical (unpaired) electrons. The number of para-hydroxylation sites is 2. The second kappa shape index (κ2) is 12.1. The molecule has 0 fully saturated rings. The molecule has 0 atom stereocenters. The van der Waals surface area contributed by atoms with Gasteiger partial charge in [0, 0.05) is 27.3 Å². The van der Waals surface area contributed by atoms with Crippen molar-refractivity contribution in [1.29, 1.82) is 0 Å². The molecule has 2 aliphatic rings. The standard InChI is InChI=1S/C54H48BNO/c1-30(2)33-27-40(31(3)4)52(41(28-33)32(5)6)55-44-24-21-34(29-42(44)49-45(55)25-22-37-35-15-9-12-18-43(35)54(7,8)51(37)49)56-46-19-13-10-16-36(46)38-23-26-48-50(53(38)56)39-17-11-14-20-47(39)57-48/h9-32H,1-8H3. The Bertz CT molecular complexity index is 3120. The highest BCUT2D eigenvalue weighted by atomic mass is 16.3. The van der Waals surface area contributed by atoms with E-state index in [1.807, 2.05) is 0 Å². The number of hydrogen-bond acceptors (Lipinski definition) is 1. The van der Waals surface area contributed by atoms with E-state index in [1.54, 1.807) is 0 Å². The van der Waals surface area contributed by atoms with Crippen molar-refractivity contribution in [2.24, 2.45) is 0 Å². The maximum Gasteiger partial charge on any atom is 0.243 e. The average molecular weight is 738 g/mol. The van der Waals surface area contributed by atoms with Gasteiger partial charge in [-0.05, 0) is 104 Å². The Morgan fingerprint density at radius 2 is 1.25 bits per heavy atom. The third-order valence-corrected chi connectivity index (χ3v) is 13.6. The Morgan fingerprint density at radius 3 is 2.00 bits per heavy atom. The fourth-order valence-corrected chi connectivity index (χ4v) is 10.9. The molecular formula is C54H48BNO. The smallest absolute Gasteiger partial charge is 0.243 e. The van der Waals surface area contributed by atoms with Crippen LogP contribution in [-0.2, 0) is 5.41 Å². The van der Waals surface area contributed by atoms with Crippen molar-refractivity contribution >= 4 is 66.8 Å². The van der Waals surface area contributed by atoms with E-state index in [4.69, 9.17) is 4.42 Å². The maximum absolute atomic E-state index is 6.51. The number of hydrogen-bond donors (Lipinski definition) is 0. The normalized spacial score (nSPS) is 14.2. The van der Waals surface area contributed by atoms with Gasteiger partial charge < -0.3 is 8.98 Å². The van der Waals surface area contributed by atoms with Gasteiger partial charge in [0.25, 0.3) is 0 Å². The number of furan rings is 1. The first-order valence-corrected chi connectivity index (χ1v) is 21.0. The Morgan fingerprint density at radius 1 is 0.561 bits per heavy atom. The first kappa shape index (κ1) is 34.5. The summed E-state index contributed by atoms with van der Waals surface area (Å²) in [5.74, 6) is 1.25. The van der Waals surface area contributed by atoms with Crippen molar-refractivity contribution in [2.75, 3.05) is 0 Å². The van der Waals surface area contributed by atoms with Crippen molar-refractivity contribution in [3.8, 4) is 27.9 Å². The monoisotopic (exact) mass is 737 g/mol. The fourth-order valence-electron chi connectivity index (χ4n) is 10.9. The van der Waals surface area contributed by atoms with Crippen LogP contribution >= 0.6 is 0 Å². The molecule has 2 nitrogen and oxygen atoms in total. The minimum Gasteiger partial charge on any atom is -0.456 e. The van der Waals surface area contributed by atoms with Crippen LogP contribution in [0.4, 0.5) is 0 Å². The van der Waals surface area contributed by atoms with E-state index < -0.39 is 0 Å². The first-order chi connectivity index (χ1) is 27.5. The Balaban J connectivity index is 1.26. The number of fused-ring (bicyclic) bond motifs is 14. The highest BCUT2D eigenvalue weighted by Gasteiger charge is 2.45. The van der Waals surface area contributed by atoms with Crippen LogP contribution in [0.25, 0.3) is 71.7 Å². The summed E-state index contributed by atoms with van der Waals surface area (Å²) >= 11 is 0. The lowest BCUT2D eigenvalue weighted by Gasteiger charge is -2.27. The Hall–Kier alpha value is -5.80. The van der Waals surface area contributed by atoms with Gasteiger partial charge in [0.1, 0.15) is 11.2 Å². The lowest BCUT2D eigenvalue weighted by molar-refractivity contribution is 0.662. The molecule has 57 heavy (non-hydrogen) atoms. The van der Waals surface area contributed by atoms with E-state index in [9.17, 15) is 0 Å². The van der Waals surface area contributed by atoms with Gasteiger partial charge in [-0.3, -0.25) is 0 Å². The van der Waals surface area contributed by atoms with Gasteiger partial charge in [-0.15, -0.1) is 0 Å². The third-order valence-electron chi connectivity index (χ3n) is 13.6. The van der Waals surface area contributed by atoms with Gasteiger partial charge in [-0.1, -0.05) is 163 Å². The van der Waals surface area contributed by atoms with Crippen molar-refractivity contribution in [3.05, 3.63) is 155 Å². The van der Waals surface area contributed by atoms with Gasteiger partial charge in [0.05, 0.1) is 16.4 Å². The summed E-state index contributed by atoms with van der Waals surface area (Å²) in [5.41, 5.74) is 22.4. The largest absolute Gasteiger partial charge is 0.456 e. The lowest BCUT2D eigenvalue weighted by Crippen LogP contribution is -2.52.